The van der Waals surface area contributed by atoms with Crippen LogP contribution in [-0.4, -0.2) is 6.08 Å². The lowest BCUT2D eigenvalue weighted by Gasteiger charge is -2.10. The van der Waals surface area contributed by atoms with E-state index in [1.54, 1.807) is 6.07 Å². The van der Waals surface area contributed by atoms with Gasteiger partial charge in [0, 0.05) is 10.6 Å². The summed E-state index contributed by atoms with van der Waals surface area (Å²) in [6.07, 6.45) is 2.78. The molecular weight excluding hydrogens is 205 g/mol. The van der Waals surface area contributed by atoms with Crippen molar-refractivity contribution in [2.75, 3.05) is 0 Å². The maximum absolute atomic E-state index is 13.4. The van der Waals surface area contributed by atoms with Crippen molar-refractivity contribution in [1.29, 1.82) is 0 Å². The van der Waals surface area contributed by atoms with Crippen LogP contribution in [0.2, 0.25) is 5.02 Å². The summed E-state index contributed by atoms with van der Waals surface area (Å²) in [6.45, 7) is 0. The van der Waals surface area contributed by atoms with E-state index in [9.17, 15) is 9.18 Å². The van der Waals surface area contributed by atoms with Gasteiger partial charge in [0.2, 0.25) is 6.08 Å². The molecule has 1 aliphatic rings. The highest BCUT2D eigenvalue weighted by atomic mass is 35.5. The van der Waals surface area contributed by atoms with Gasteiger partial charge in [0.15, 0.2) is 0 Å². The van der Waals surface area contributed by atoms with E-state index in [2.05, 4.69) is 4.99 Å². The molecule has 0 saturated heterocycles. The maximum atomic E-state index is 13.4. The van der Waals surface area contributed by atoms with E-state index >= 15 is 0 Å². The Morgan fingerprint density at radius 1 is 1.50 bits per heavy atom. The van der Waals surface area contributed by atoms with Crippen LogP contribution < -0.4 is 0 Å². The topological polar surface area (TPSA) is 29.4 Å². The summed E-state index contributed by atoms with van der Waals surface area (Å²) in [5.41, 5.74) is -0.408. The highest BCUT2D eigenvalue weighted by Crippen LogP contribution is 2.52. The molecule has 0 amide bonds. The second-order valence-electron chi connectivity index (χ2n) is 3.33. The molecule has 0 radical (unpaired) electrons. The molecule has 0 N–H and O–H groups in total. The Morgan fingerprint density at radius 3 is 2.71 bits per heavy atom. The minimum absolute atomic E-state index is 0.321. The number of benzene rings is 1. The molecule has 0 atom stereocenters. The van der Waals surface area contributed by atoms with Crippen LogP contribution in [0, 0.1) is 5.82 Å². The second kappa shape index (κ2) is 3.19. The van der Waals surface area contributed by atoms with Crippen LogP contribution in [0.5, 0.6) is 0 Å². The molecule has 14 heavy (non-hydrogen) atoms. The third-order valence-corrected chi connectivity index (χ3v) is 2.73. The highest BCUT2D eigenvalue weighted by molar-refractivity contribution is 6.31. The first-order valence-electron chi connectivity index (χ1n) is 4.23. The van der Waals surface area contributed by atoms with Gasteiger partial charge in [0.1, 0.15) is 11.4 Å². The molecular formula is C10H7ClFNO. The SMILES string of the molecule is O=C=NC1(c2c(F)cccc2Cl)CC1. The zero-order chi connectivity index (χ0) is 10.2. The molecule has 0 aromatic heterocycles. The fourth-order valence-corrected chi connectivity index (χ4v) is 1.90. The van der Waals surface area contributed by atoms with Gasteiger partial charge in [-0.3, -0.25) is 0 Å². The minimum atomic E-state index is -0.732. The Bertz CT molecular complexity index is 402. The van der Waals surface area contributed by atoms with Gasteiger partial charge in [-0.25, -0.2) is 9.18 Å². The minimum Gasteiger partial charge on any atom is -0.211 e. The van der Waals surface area contributed by atoms with Crippen LogP contribution >= 0.6 is 11.6 Å². The third kappa shape index (κ3) is 1.35. The zero-order valence-corrected chi connectivity index (χ0v) is 8.01. The summed E-state index contributed by atoms with van der Waals surface area (Å²) in [4.78, 5) is 13.8. The van der Waals surface area contributed by atoms with Gasteiger partial charge >= 0.3 is 0 Å². The summed E-state index contributed by atoms with van der Waals surface area (Å²) in [5, 5.41) is 0.321. The van der Waals surface area contributed by atoms with Crippen molar-refractivity contribution >= 4 is 17.7 Å². The number of hydrogen-bond acceptors (Lipinski definition) is 2. The highest BCUT2D eigenvalue weighted by Gasteiger charge is 2.48. The second-order valence-corrected chi connectivity index (χ2v) is 3.74. The molecule has 0 aliphatic heterocycles. The number of rotatable bonds is 2. The Hall–Kier alpha value is -1.18. The molecule has 2 nitrogen and oxygen atoms in total. The van der Waals surface area contributed by atoms with Crippen molar-refractivity contribution in [2.45, 2.75) is 18.4 Å². The van der Waals surface area contributed by atoms with E-state index < -0.39 is 11.4 Å². The first-order chi connectivity index (χ1) is 6.69. The van der Waals surface area contributed by atoms with E-state index in [-0.39, 0.29) is 0 Å². The van der Waals surface area contributed by atoms with Crippen LogP contribution in [0.1, 0.15) is 18.4 Å². The average Bonchev–Trinajstić information content (AvgIpc) is 2.86. The number of aliphatic imine (C=N–C) groups is 1. The van der Waals surface area contributed by atoms with Crippen molar-refractivity contribution in [1.82, 2.24) is 0 Å². The first kappa shape index (κ1) is 9.38. The summed E-state index contributed by atoms with van der Waals surface area (Å²) in [5.74, 6) is -0.408. The Labute approximate surface area is 85.4 Å². The quantitative estimate of drug-likeness (QED) is 0.546. The first-order valence-corrected chi connectivity index (χ1v) is 4.61. The predicted molar refractivity (Wildman–Crippen MR) is 50.4 cm³/mol. The van der Waals surface area contributed by atoms with Gasteiger partial charge in [-0.2, -0.15) is 4.99 Å². The number of halogens is 2. The molecule has 2 rings (SSSR count). The van der Waals surface area contributed by atoms with Crippen molar-refractivity contribution in [3.63, 3.8) is 0 Å². The fourth-order valence-electron chi connectivity index (χ4n) is 1.57. The van der Waals surface area contributed by atoms with Crippen molar-refractivity contribution < 1.29 is 9.18 Å². The lowest BCUT2D eigenvalue weighted by molar-refractivity contribution is 0.548. The summed E-state index contributed by atoms with van der Waals surface area (Å²) >= 11 is 5.86. The number of isocyanates is 1. The zero-order valence-electron chi connectivity index (χ0n) is 7.26. The normalized spacial score (nSPS) is 17.3. The lowest BCUT2D eigenvalue weighted by atomic mass is 10.1. The predicted octanol–water partition coefficient (Wildman–Crippen LogP) is 2.80. The Balaban J connectivity index is 2.56. The molecule has 0 spiro atoms. The molecule has 0 heterocycles. The molecule has 1 aromatic carbocycles. The molecule has 72 valence electrons. The van der Waals surface area contributed by atoms with Gasteiger partial charge in [-0.15, -0.1) is 0 Å². The van der Waals surface area contributed by atoms with Gasteiger partial charge in [0.25, 0.3) is 0 Å². The number of carbonyl (C=O) groups excluding carboxylic acids is 1. The van der Waals surface area contributed by atoms with Crippen LogP contribution in [0.3, 0.4) is 0 Å². The largest absolute Gasteiger partial charge is 0.235 e. The van der Waals surface area contributed by atoms with E-state index in [1.807, 2.05) is 0 Å². The number of nitrogens with zero attached hydrogens (tertiary/aromatic N) is 1. The average molecular weight is 212 g/mol. The Morgan fingerprint density at radius 2 is 2.21 bits per heavy atom. The molecule has 1 aromatic rings. The van der Waals surface area contributed by atoms with E-state index in [1.165, 1.54) is 18.2 Å². The van der Waals surface area contributed by atoms with Crippen LogP contribution in [0.4, 0.5) is 4.39 Å². The van der Waals surface area contributed by atoms with Gasteiger partial charge in [-0.1, -0.05) is 17.7 Å². The summed E-state index contributed by atoms with van der Waals surface area (Å²) in [6, 6.07) is 4.45. The fraction of sp³-hybridized carbons (Fsp3) is 0.300. The van der Waals surface area contributed by atoms with E-state index in [0.717, 1.165) is 0 Å². The third-order valence-electron chi connectivity index (χ3n) is 2.41. The Kier molecular flexibility index (Phi) is 2.14. The van der Waals surface area contributed by atoms with Gasteiger partial charge < -0.3 is 0 Å². The van der Waals surface area contributed by atoms with Gasteiger partial charge in [-0.05, 0) is 25.0 Å². The summed E-state index contributed by atoms with van der Waals surface area (Å²) < 4.78 is 13.4. The van der Waals surface area contributed by atoms with Crippen LogP contribution in [0.15, 0.2) is 23.2 Å². The molecule has 0 bridgehead atoms. The molecule has 4 heteroatoms. The van der Waals surface area contributed by atoms with E-state index in [4.69, 9.17) is 11.6 Å². The lowest BCUT2D eigenvalue weighted by Crippen LogP contribution is -2.06. The van der Waals surface area contributed by atoms with Crippen LogP contribution in [0.25, 0.3) is 0 Å². The van der Waals surface area contributed by atoms with Crippen molar-refractivity contribution in [2.24, 2.45) is 4.99 Å². The van der Waals surface area contributed by atoms with Crippen molar-refractivity contribution in [3.05, 3.63) is 34.6 Å². The maximum Gasteiger partial charge on any atom is 0.235 e. The molecule has 1 saturated carbocycles. The van der Waals surface area contributed by atoms with Crippen LogP contribution in [-0.2, 0) is 10.3 Å². The van der Waals surface area contributed by atoms with Crippen molar-refractivity contribution in [3.8, 4) is 0 Å². The monoisotopic (exact) mass is 211 g/mol. The van der Waals surface area contributed by atoms with Gasteiger partial charge in [0.05, 0.1) is 0 Å². The molecule has 0 unspecified atom stereocenters. The molecule has 1 fully saturated rings. The summed E-state index contributed by atoms with van der Waals surface area (Å²) in [7, 11) is 0. The standard InChI is InChI=1S/C10H7ClFNO/c11-7-2-1-3-8(12)9(7)10(4-5-10)13-6-14/h1-3H,4-5H2. The smallest absolute Gasteiger partial charge is 0.211 e. The number of hydrogen-bond donors (Lipinski definition) is 0. The van der Waals surface area contributed by atoms with E-state index in [0.29, 0.717) is 23.4 Å². The molecule has 1 aliphatic carbocycles.